The average molecular weight is 405 g/mol. The van der Waals surface area contributed by atoms with E-state index >= 15 is 0 Å². The summed E-state index contributed by atoms with van der Waals surface area (Å²) in [5.41, 5.74) is 2.06. The van der Waals surface area contributed by atoms with Gasteiger partial charge < -0.3 is 14.2 Å². The normalized spacial score (nSPS) is 15.5. The molecule has 0 saturated heterocycles. The molecule has 0 amide bonds. The van der Waals surface area contributed by atoms with E-state index in [1.165, 1.54) is 12.1 Å². The molecule has 1 atom stereocenters. The monoisotopic (exact) mass is 405 g/mol. The van der Waals surface area contributed by atoms with E-state index < -0.39 is 16.0 Å². The van der Waals surface area contributed by atoms with Crippen LogP contribution in [0.25, 0.3) is 0 Å². The van der Waals surface area contributed by atoms with Crippen molar-refractivity contribution in [1.29, 1.82) is 0 Å². The third-order valence-corrected chi connectivity index (χ3v) is 4.77. The van der Waals surface area contributed by atoms with Gasteiger partial charge in [0.05, 0.1) is 24.1 Å². The first-order chi connectivity index (χ1) is 13.3. The lowest BCUT2D eigenvalue weighted by Crippen LogP contribution is -2.14. The van der Waals surface area contributed by atoms with Crippen LogP contribution >= 0.6 is 0 Å². The molecular weight excluding hydrogens is 382 g/mol. The Morgan fingerprint density at radius 1 is 1.29 bits per heavy atom. The van der Waals surface area contributed by atoms with Crippen LogP contribution in [-0.4, -0.2) is 33.4 Å². The lowest BCUT2D eigenvalue weighted by Gasteiger charge is -2.14. The number of anilines is 1. The number of ether oxygens (including phenoxy) is 3. The van der Waals surface area contributed by atoms with Gasteiger partial charge in [0.25, 0.3) is 0 Å². The van der Waals surface area contributed by atoms with Crippen LogP contribution in [0, 0.1) is 0 Å². The Hall–Kier alpha value is -2.74. The molecule has 2 aromatic rings. The molecule has 0 radical (unpaired) electrons. The Morgan fingerprint density at radius 3 is 2.75 bits per heavy atom. The molecule has 150 valence electrons. The Morgan fingerprint density at radius 2 is 2.04 bits per heavy atom. The van der Waals surface area contributed by atoms with E-state index in [1.807, 2.05) is 26.0 Å². The zero-order chi connectivity index (χ0) is 20.3. The van der Waals surface area contributed by atoms with E-state index in [9.17, 15) is 13.2 Å². The Balaban J connectivity index is 1.79. The number of esters is 1. The molecule has 1 heterocycles. The summed E-state index contributed by atoms with van der Waals surface area (Å²) in [6.07, 6.45) is 1.92. The molecule has 28 heavy (non-hydrogen) atoms. The maximum Gasteiger partial charge on any atom is 0.340 e. The molecule has 0 fully saturated rings. The number of rotatable bonds is 7. The van der Waals surface area contributed by atoms with Gasteiger partial charge in [-0.1, -0.05) is 12.1 Å². The molecule has 7 nitrogen and oxygen atoms in total. The van der Waals surface area contributed by atoms with E-state index in [-0.39, 0.29) is 24.0 Å². The van der Waals surface area contributed by atoms with Crippen molar-refractivity contribution in [3.8, 4) is 11.5 Å². The summed E-state index contributed by atoms with van der Waals surface area (Å²) < 4.78 is 42.2. The predicted octanol–water partition coefficient (Wildman–Crippen LogP) is 3.14. The molecule has 1 N–H and O–H groups in total. The molecule has 1 unspecified atom stereocenters. The average Bonchev–Trinajstić information content (AvgIpc) is 2.97. The number of hydrogen-bond acceptors (Lipinski definition) is 6. The van der Waals surface area contributed by atoms with E-state index in [4.69, 9.17) is 14.2 Å². The minimum atomic E-state index is -3.52. The van der Waals surface area contributed by atoms with E-state index in [1.54, 1.807) is 12.1 Å². The van der Waals surface area contributed by atoms with E-state index in [0.29, 0.717) is 17.9 Å². The third kappa shape index (κ3) is 4.75. The van der Waals surface area contributed by atoms with Crippen LogP contribution in [0.2, 0.25) is 0 Å². The van der Waals surface area contributed by atoms with Gasteiger partial charge in [-0.2, -0.15) is 0 Å². The molecule has 8 heteroatoms. The number of sulfonamides is 1. The largest absolute Gasteiger partial charge is 0.493 e. The highest BCUT2D eigenvalue weighted by Gasteiger charge is 2.23. The van der Waals surface area contributed by atoms with Gasteiger partial charge >= 0.3 is 5.97 Å². The van der Waals surface area contributed by atoms with Gasteiger partial charge in [0.2, 0.25) is 10.0 Å². The molecule has 3 rings (SSSR count). The molecule has 2 aromatic carbocycles. The van der Waals surface area contributed by atoms with Gasteiger partial charge in [-0.3, -0.25) is 4.72 Å². The third-order valence-electron chi connectivity index (χ3n) is 4.18. The first-order valence-corrected chi connectivity index (χ1v) is 10.8. The molecular formula is C20H23NO6S. The summed E-state index contributed by atoms with van der Waals surface area (Å²) in [7, 11) is -3.52. The maximum atomic E-state index is 12.6. The number of carbonyl (C=O) groups is 1. The van der Waals surface area contributed by atoms with Crippen LogP contribution in [0.3, 0.4) is 0 Å². The number of hydrogen-bond donors (Lipinski definition) is 1. The number of fused-ring (bicyclic) bond motifs is 1. The van der Waals surface area contributed by atoms with Crippen LogP contribution in [0.1, 0.15) is 35.3 Å². The number of carbonyl (C=O) groups excluding carboxylic acids is 1. The topological polar surface area (TPSA) is 90.9 Å². The molecule has 0 aromatic heterocycles. The highest BCUT2D eigenvalue weighted by Crippen LogP contribution is 2.35. The first-order valence-electron chi connectivity index (χ1n) is 8.96. The summed E-state index contributed by atoms with van der Waals surface area (Å²) in [5.74, 6) is 0.777. The second kappa shape index (κ2) is 8.10. The molecule has 1 aliphatic rings. The fraction of sp³-hybridized carbons (Fsp3) is 0.350. The summed E-state index contributed by atoms with van der Waals surface area (Å²) in [5, 5.41) is 0. The molecule has 0 spiro atoms. The van der Waals surface area contributed by atoms with E-state index in [2.05, 4.69) is 4.72 Å². The highest BCUT2D eigenvalue weighted by atomic mass is 32.2. The number of nitrogens with one attached hydrogen (secondary N) is 1. The molecule has 0 saturated carbocycles. The summed E-state index contributed by atoms with van der Waals surface area (Å²) in [6.45, 7) is 4.34. The van der Waals surface area contributed by atoms with E-state index in [0.717, 1.165) is 24.0 Å². The standard InChI is InChI=1S/C20H23NO6S/c1-4-25-18-10-14-9-13(2)27-19(14)11-15(18)12-26-20(22)16-7-5-6-8-17(16)21-28(3,23)24/h5-8,10-11,13,21H,4,9,12H2,1-3H3. The van der Waals surface area contributed by atoms with Crippen LogP contribution in [0.15, 0.2) is 36.4 Å². The zero-order valence-corrected chi connectivity index (χ0v) is 16.8. The van der Waals surface area contributed by atoms with Crippen molar-refractivity contribution in [2.24, 2.45) is 0 Å². The zero-order valence-electron chi connectivity index (χ0n) is 16.0. The van der Waals surface area contributed by atoms with Gasteiger partial charge in [0.15, 0.2) is 0 Å². The SMILES string of the molecule is CCOc1cc2c(cc1COC(=O)c1ccccc1NS(C)(=O)=O)OC(C)C2. The van der Waals surface area contributed by atoms with Gasteiger partial charge in [-0.05, 0) is 38.1 Å². The molecule has 0 aliphatic carbocycles. The van der Waals surface area contributed by atoms with Gasteiger partial charge in [0, 0.05) is 17.5 Å². The van der Waals surface area contributed by atoms with Crippen LogP contribution in [0.5, 0.6) is 11.5 Å². The summed E-state index contributed by atoms with van der Waals surface area (Å²) >= 11 is 0. The summed E-state index contributed by atoms with van der Waals surface area (Å²) in [4.78, 5) is 12.6. The minimum absolute atomic E-state index is 0.0214. The smallest absolute Gasteiger partial charge is 0.340 e. The number of para-hydroxylation sites is 1. The van der Waals surface area contributed by atoms with Crippen molar-refractivity contribution < 1.29 is 27.4 Å². The Bertz CT molecular complexity index is 986. The van der Waals surface area contributed by atoms with Crippen LogP contribution < -0.4 is 14.2 Å². The fourth-order valence-electron chi connectivity index (χ4n) is 3.06. The second-order valence-corrected chi connectivity index (χ2v) is 8.38. The Labute approximate surface area is 164 Å². The fourth-order valence-corrected chi connectivity index (χ4v) is 3.63. The lowest BCUT2D eigenvalue weighted by atomic mass is 10.1. The van der Waals surface area contributed by atoms with Crippen molar-refractivity contribution in [2.75, 3.05) is 17.6 Å². The summed E-state index contributed by atoms with van der Waals surface area (Å²) in [6, 6.07) is 10.0. The van der Waals surface area contributed by atoms with Crippen molar-refractivity contribution in [3.63, 3.8) is 0 Å². The highest BCUT2D eigenvalue weighted by molar-refractivity contribution is 7.92. The second-order valence-electron chi connectivity index (χ2n) is 6.63. The van der Waals surface area contributed by atoms with Crippen molar-refractivity contribution in [1.82, 2.24) is 0 Å². The predicted molar refractivity (Wildman–Crippen MR) is 105 cm³/mol. The van der Waals surface area contributed by atoms with Crippen molar-refractivity contribution >= 4 is 21.7 Å². The Kier molecular flexibility index (Phi) is 5.79. The quantitative estimate of drug-likeness (QED) is 0.712. The lowest BCUT2D eigenvalue weighted by molar-refractivity contribution is 0.0470. The maximum absolute atomic E-state index is 12.6. The minimum Gasteiger partial charge on any atom is -0.493 e. The van der Waals surface area contributed by atoms with Crippen molar-refractivity contribution in [3.05, 3.63) is 53.1 Å². The molecule has 0 bridgehead atoms. The van der Waals surface area contributed by atoms with Crippen LogP contribution in [0.4, 0.5) is 5.69 Å². The first kappa shape index (κ1) is 20.0. The number of benzene rings is 2. The van der Waals surface area contributed by atoms with Crippen molar-refractivity contribution in [2.45, 2.75) is 33.0 Å². The molecule has 1 aliphatic heterocycles. The van der Waals surface area contributed by atoms with Crippen LogP contribution in [-0.2, 0) is 27.8 Å². The van der Waals surface area contributed by atoms with Gasteiger partial charge in [-0.25, -0.2) is 13.2 Å². The van der Waals surface area contributed by atoms with Gasteiger partial charge in [0.1, 0.15) is 24.2 Å². The van der Waals surface area contributed by atoms with Gasteiger partial charge in [-0.15, -0.1) is 0 Å².